The smallest absolute Gasteiger partial charge is 0.352 e. The van der Waals surface area contributed by atoms with Gasteiger partial charge in [0, 0.05) is 28.5 Å². The van der Waals surface area contributed by atoms with Gasteiger partial charge in [0.2, 0.25) is 10.0 Å². The molecule has 0 spiro atoms. The zero-order valence-corrected chi connectivity index (χ0v) is 21.2. The molecule has 0 radical (unpaired) electrons. The van der Waals surface area contributed by atoms with E-state index in [1.165, 1.54) is 28.3 Å². The third kappa shape index (κ3) is 5.01. The van der Waals surface area contributed by atoms with Crippen molar-refractivity contribution >= 4 is 27.8 Å². The maximum atomic E-state index is 14.5. The van der Waals surface area contributed by atoms with Crippen molar-refractivity contribution in [3.05, 3.63) is 111 Å². The zero-order valence-electron chi connectivity index (χ0n) is 19.6. The van der Waals surface area contributed by atoms with Crippen LogP contribution in [-0.2, 0) is 21.2 Å². The Hall–Kier alpha value is -4.13. The number of H-pyrrole nitrogens is 1. The molecule has 2 heterocycles. The van der Waals surface area contributed by atoms with Crippen LogP contribution in [0.2, 0.25) is 0 Å². The van der Waals surface area contributed by atoms with Crippen LogP contribution in [0.3, 0.4) is 0 Å². The number of nitrogens with two attached hydrogens (primary N) is 1. The van der Waals surface area contributed by atoms with Gasteiger partial charge < -0.3 is 10.4 Å². The lowest BCUT2D eigenvalue weighted by molar-refractivity contribution is -0.133. The molecule has 0 bridgehead atoms. The number of nitrogens with zero attached hydrogens (tertiary/aromatic N) is 1. The molecule has 0 amide bonds. The molecule has 1 atom stereocenters. The first-order valence-electron chi connectivity index (χ1n) is 11.3. The van der Waals surface area contributed by atoms with Gasteiger partial charge in [-0.15, -0.1) is 0 Å². The largest absolute Gasteiger partial charge is 0.477 e. The fourth-order valence-electron chi connectivity index (χ4n) is 4.17. The molecular formula is C26H21FN4O5S2. The van der Waals surface area contributed by atoms with E-state index in [2.05, 4.69) is 10.4 Å². The third-order valence-corrected chi connectivity index (χ3v) is 7.93. The molecule has 0 saturated heterocycles. The first-order chi connectivity index (χ1) is 18.1. The number of rotatable bonds is 7. The number of aromatic amines is 1. The molecule has 5 N–H and O–H groups in total. The van der Waals surface area contributed by atoms with Crippen LogP contribution in [0.5, 0.6) is 0 Å². The Morgan fingerprint density at radius 2 is 1.76 bits per heavy atom. The van der Waals surface area contributed by atoms with Gasteiger partial charge in [0.25, 0.3) is 5.56 Å². The lowest BCUT2D eigenvalue weighted by Gasteiger charge is -2.12. The fraction of sp³-hybridized carbons (Fsp3) is 0.0769. The number of sulfonamides is 1. The van der Waals surface area contributed by atoms with E-state index >= 15 is 0 Å². The van der Waals surface area contributed by atoms with Crippen LogP contribution in [-0.4, -0.2) is 29.3 Å². The molecule has 0 aliphatic carbocycles. The van der Waals surface area contributed by atoms with Crippen molar-refractivity contribution in [1.82, 2.24) is 15.1 Å². The van der Waals surface area contributed by atoms with E-state index < -0.39 is 27.0 Å². The van der Waals surface area contributed by atoms with Crippen LogP contribution >= 0.6 is 11.8 Å². The van der Waals surface area contributed by atoms with Crippen LogP contribution in [0.25, 0.3) is 22.4 Å². The summed E-state index contributed by atoms with van der Waals surface area (Å²) >= 11 is 1.12. The van der Waals surface area contributed by atoms with Gasteiger partial charge in [-0.25, -0.2) is 27.4 Å². The third-order valence-electron chi connectivity index (χ3n) is 6.04. The van der Waals surface area contributed by atoms with Crippen molar-refractivity contribution in [3.8, 4) is 22.4 Å². The number of carboxylic acids is 1. The minimum Gasteiger partial charge on any atom is -0.477 e. The second-order valence-electron chi connectivity index (χ2n) is 8.54. The number of aliphatic carboxylic acids is 1. The minimum atomic E-state index is -3.87. The Morgan fingerprint density at radius 3 is 2.42 bits per heavy atom. The predicted molar refractivity (Wildman–Crippen MR) is 142 cm³/mol. The summed E-state index contributed by atoms with van der Waals surface area (Å²) in [6, 6.07) is 19.3. The fourth-order valence-corrected chi connectivity index (χ4v) is 5.58. The number of thioether (sulfide) groups is 1. The lowest BCUT2D eigenvalue weighted by atomic mass is 9.98. The van der Waals surface area contributed by atoms with Gasteiger partial charge in [0.05, 0.1) is 10.6 Å². The summed E-state index contributed by atoms with van der Waals surface area (Å²) < 4.78 is 39.1. The summed E-state index contributed by atoms with van der Waals surface area (Å²) in [4.78, 5) is 24.9. The van der Waals surface area contributed by atoms with E-state index in [4.69, 9.17) is 5.14 Å². The second-order valence-corrected chi connectivity index (χ2v) is 11.1. The van der Waals surface area contributed by atoms with Crippen LogP contribution < -0.4 is 16.0 Å². The van der Waals surface area contributed by atoms with E-state index in [0.29, 0.717) is 33.5 Å². The van der Waals surface area contributed by atoms with Crippen molar-refractivity contribution < 1.29 is 22.7 Å². The Morgan fingerprint density at radius 1 is 1.05 bits per heavy atom. The van der Waals surface area contributed by atoms with Gasteiger partial charge in [-0.2, -0.15) is 0 Å². The monoisotopic (exact) mass is 552 g/mol. The number of nitrogens with one attached hydrogen (secondary N) is 2. The van der Waals surface area contributed by atoms with Gasteiger partial charge in [0.1, 0.15) is 11.5 Å². The number of halogens is 1. The SMILES string of the molecule is NS(=O)(=O)c1ccc(Cc2c(-c3cccc(-c4ccccc4F)c3)[nH]n(C3NC(C(=O)O)=CS3)c2=O)cc1. The number of primary sulfonamides is 1. The summed E-state index contributed by atoms with van der Waals surface area (Å²) in [7, 11) is -3.87. The van der Waals surface area contributed by atoms with Crippen LogP contribution in [0.15, 0.2) is 93.6 Å². The second kappa shape index (κ2) is 9.97. The normalized spacial score (nSPS) is 15.2. The minimum absolute atomic E-state index is 0.0373. The molecule has 1 aromatic heterocycles. The highest BCUT2D eigenvalue weighted by atomic mass is 32.2. The average Bonchev–Trinajstić information content (AvgIpc) is 3.50. The molecule has 3 aromatic carbocycles. The molecule has 5 rings (SSSR count). The van der Waals surface area contributed by atoms with Gasteiger partial charge in [-0.05, 0) is 35.4 Å². The average molecular weight is 553 g/mol. The molecule has 4 aromatic rings. The molecular weight excluding hydrogens is 531 g/mol. The predicted octanol–water partition coefficient (Wildman–Crippen LogP) is 3.61. The van der Waals surface area contributed by atoms with Crippen LogP contribution in [0.1, 0.15) is 16.6 Å². The highest BCUT2D eigenvalue weighted by Crippen LogP contribution is 2.32. The van der Waals surface area contributed by atoms with Crippen molar-refractivity contribution in [2.45, 2.75) is 16.8 Å². The summed E-state index contributed by atoms with van der Waals surface area (Å²) in [5.74, 6) is -1.53. The molecule has 1 aliphatic rings. The molecule has 0 saturated carbocycles. The van der Waals surface area contributed by atoms with E-state index in [9.17, 15) is 27.5 Å². The van der Waals surface area contributed by atoms with Crippen molar-refractivity contribution in [3.63, 3.8) is 0 Å². The van der Waals surface area contributed by atoms with Gasteiger partial charge in [-0.1, -0.05) is 60.3 Å². The number of carbonyl (C=O) groups is 1. The topological polar surface area (TPSA) is 147 Å². The van der Waals surface area contributed by atoms with Gasteiger partial charge in [-0.3, -0.25) is 9.89 Å². The van der Waals surface area contributed by atoms with E-state index in [1.807, 2.05) is 0 Å². The first kappa shape index (κ1) is 25.5. The highest BCUT2D eigenvalue weighted by molar-refractivity contribution is 8.02. The zero-order chi connectivity index (χ0) is 27.0. The molecule has 0 fully saturated rings. The first-order valence-corrected chi connectivity index (χ1v) is 13.8. The van der Waals surface area contributed by atoms with Crippen molar-refractivity contribution in [2.24, 2.45) is 5.14 Å². The van der Waals surface area contributed by atoms with E-state index in [1.54, 1.807) is 54.6 Å². The van der Waals surface area contributed by atoms with Crippen molar-refractivity contribution in [2.75, 3.05) is 0 Å². The van der Waals surface area contributed by atoms with Gasteiger partial charge >= 0.3 is 5.97 Å². The summed E-state index contributed by atoms with van der Waals surface area (Å²) in [5, 5.41) is 21.8. The molecule has 12 heteroatoms. The Kier molecular flexibility index (Phi) is 6.69. The number of carboxylic acid groups (broad SMARTS) is 1. The lowest BCUT2D eigenvalue weighted by Crippen LogP contribution is -2.30. The highest BCUT2D eigenvalue weighted by Gasteiger charge is 2.27. The number of hydrogen-bond acceptors (Lipinski definition) is 6. The van der Waals surface area contributed by atoms with E-state index in [0.717, 1.165) is 11.8 Å². The summed E-state index contributed by atoms with van der Waals surface area (Å²) in [5.41, 5.74) is 1.97. The summed E-state index contributed by atoms with van der Waals surface area (Å²) in [6.07, 6.45) is 0.142. The van der Waals surface area contributed by atoms with Gasteiger partial charge in [0.15, 0.2) is 5.50 Å². The van der Waals surface area contributed by atoms with Crippen LogP contribution in [0, 0.1) is 5.82 Å². The Labute approximate surface area is 220 Å². The molecule has 9 nitrogen and oxygen atoms in total. The summed E-state index contributed by atoms with van der Waals surface area (Å²) in [6.45, 7) is 0. The Bertz CT molecular complexity index is 1740. The number of hydrogen-bond donors (Lipinski definition) is 4. The standard InChI is InChI=1S/C26H21FN4O5S2/c27-21-7-2-1-6-19(21)16-4-3-5-17(13-16)23-20(12-15-8-10-18(11-9-15)38(28,35)36)24(32)31(30-23)26-29-22(14-37-26)25(33)34/h1-11,13-14,26,29-30H,12H2,(H,33,34)(H2,28,35,36). The van der Waals surface area contributed by atoms with E-state index in [-0.39, 0.29) is 22.8 Å². The molecule has 1 unspecified atom stereocenters. The molecule has 38 heavy (non-hydrogen) atoms. The maximum Gasteiger partial charge on any atom is 0.352 e. The number of benzene rings is 3. The molecule has 1 aliphatic heterocycles. The van der Waals surface area contributed by atoms with Crippen LogP contribution in [0.4, 0.5) is 4.39 Å². The quantitative estimate of drug-likeness (QED) is 0.274. The number of aromatic nitrogens is 2. The Balaban J connectivity index is 1.59. The van der Waals surface area contributed by atoms with Crippen molar-refractivity contribution in [1.29, 1.82) is 0 Å². The molecule has 194 valence electrons. The maximum absolute atomic E-state index is 14.5.